The summed E-state index contributed by atoms with van der Waals surface area (Å²) in [6.07, 6.45) is 0.241. The van der Waals surface area contributed by atoms with Gasteiger partial charge in [0.2, 0.25) is 15.9 Å². The molecule has 1 aliphatic rings. The molecule has 0 aliphatic carbocycles. The molecule has 4 rings (SSSR count). The van der Waals surface area contributed by atoms with Crippen LogP contribution in [0.25, 0.3) is 0 Å². The predicted octanol–water partition coefficient (Wildman–Crippen LogP) is 3.91. The topological polar surface area (TPSA) is 66.5 Å². The van der Waals surface area contributed by atoms with Gasteiger partial charge >= 0.3 is 0 Å². The van der Waals surface area contributed by atoms with E-state index in [-0.39, 0.29) is 24.4 Å². The first-order valence-corrected chi connectivity index (χ1v) is 11.5. The molecule has 0 fully saturated rings. The number of halogens is 2. The number of amides is 1. The van der Waals surface area contributed by atoms with Crippen molar-refractivity contribution in [3.63, 3.8) is 0 Å². The van der Waals surface area contributed by atoms with Gasteiger partial charge in [0, 0.05) is 18.1 Å². The summed E-state index contributed by atoms with van der Waals surface area (Å²) in [5.74, 6) is -0.947. The van der Waals surface area contributed by atoms with E-state index in [1.54, 1.807) is 18.2 Å². The molecule has 0 saturated heterocycles. The van der Waals surface area contributed by atoms with Crippen molar-refractivity contribution in [3.05, 3.63) is 100 Å². The number of benzene rings is 3. The van der Waals surface area contributed by atoms with Gasteiger partial charge in [-0.1, -0.05) is 54.1 Å². The normalized spacial score (nSPS) is 16.5. The Morgan fingerprint density at radius 3 is 2.35 bits per heavy atom. The molecule has 0 bridgehead atoms. The van der Waals surface area contributed by atoms with Gasteiger partial charge in [0.1, 0.15) is 11.9 Å². The highest BCUT2D eigenvalue weighted by Gasteiger charge is 2.39. The fraction of sp³-hybridized carbons (Fsp3) is 0.174. The maximum Gasteiger partial charge on any atom is 0.244 e. The van der Waals surface area contributed by atoms with Crippen LogP contribution in [0.2, 0.25) is 5.02 Å². The third kappa shape index (κ3) is 4.49. The number of sulfonamides is 1. The summed E-state index contributed by atoms with van der Waals surface area (Å²) in [4.78, 5) is 13.1. The van der Waals surface area contributed by atoms with Crippen molar-refractivity contribution < 1.29 is 17.6 Å². The monoisotopic (exact) mass is 458 g/mol. The number of carbonyl (C=O) groups is 1. The van der Waals surface area contributed by atoms with Gasteiger partial charge in [-0.3, -0.25) is 4.79 Å². The van der Waals surface area contributed by atoms with Crippen LogP contribution in [0.5, 0.6) is 0 Å². The Hall–Kier alpha value is -2.74. The quantitative estimate of drug-likeness (QED) is 0.630. The van der Waals surface area contributed by atoms with Crippen molar-refractivity contribution in [1.82, 2.24) is 9.62 Å². The van der Waals surface area contributed by atoms with Gasteiger partial charge in [-0.2, -0.15) is 4.31 Å². The molecule has 1 heterocycles. The minimum Gasteiger partial charge on any atom is -0.351 e. The molecular weight excluding hydrogens is 439 g/mol. The Labute approximate surface area is 185 Å². The highest BCUT2D eigenvalue weighted by molar-refractivity contribution is 7.89. The molecule has 8 heteroatoms. The van der Waals surface area contributed by atoms with E-state index in [9.17, 15) is 17.6 Å². The predicted molar refractivity (Wildman–Crippen MR) is 116 cm³/mol. The van der Waals surface area contributed by atoms with Crippen LogP contribution >= 0.6 is 11.6 Å². The standard InChI is InChI=1S/C23H20ClFN2O3S/c24-21-8-4-3-6-17(21)14-26-23(28)22-13-16-5-1-2-7-18(16)15-27(22)31(29,30)20-11-9-19(25)10-12-20/h1-12,22H,13-15H2,(H,26,28)/t22-/m0/s1. The zero-order valence-corrected chi connectivity index (χ0v) is 18.0. The lowest BCUT2D eigenvalue weighted by Gasteiger charge is -2.35. The number of nitrogens with zero attached hydrogens (tertiary/aromatic N) is 1. The smallest absolute Gasteiger partial charge is 0.244 e. The average Bonchev–Trinajstić information content (AvgIpc) is 2.77. The molecule has 1 amide bonds. The number of carbonyl (C=O) groups excluding carboxylic acids is 1. The zero-order chi connectivity index (χ0) is 22.0. The van der Waals surface area contributed by atoms with Crippen LogP contribution in [0.4, 0.5) is 4.39 Å². The van der Waals surface area contributed by atoms with Crippen molar-refractivity contribution in [3.8, 4) is 0 Å². The van der Waals surface area contributed by atoms with Crippen LogP contribution in [-0.4, -0.2) is 24.7 Å². The van der Waals surface area contributed by atoms with E-state index < -0.39 is 27.8 Å². The molecule has 0 unspecified atom stereocenters. The second-order valence-electron chi connectivity index (χ2n) is 7.30. The molecule has 5 nitrogen and oxygen atoms in total. The first-order valence-electron chi connectivity index (χ1n) is 9.71. The Kier molecular flexibility index (Phi) is 6.09. The molecule has 1 atom stereocenters. The number of rotatable bonds is 5. The minimum absolute atomic E-state index is 0.0556. The van der Waals surface area contributed by atoms with Crippen LogP contribution < -0.4 is 5.32 Å². The van der Waals surface area contributed by atoms with E-state index in [2.05, 4.69) is 5.32 Å². The molecule has 0 aromatic heterocycles. The van der Waals surface area contributed by atoms with Crippen molar-refractivity contribution in [2.45, 2.75) is 30.4 Å². The largest absolute Gasteiger partial charge is 0.351 e. The Morgan fingerprint density at radius 2 is 1.65 bits per heavy atom. The van der Waals surface area contributed by atoms with Gasteiger partial charge in [-0.25, -0.2) is 12.8 Å². The summed E-state index contributed by atoms with van der Waals surface area (Å²) in [6.45, 7) is 0.237. The Morgan fingerprint density at radius 1 is 1.00 bits per heavy atom. The van der Waals surface area contributed by atoms with Crippen LogP contribution in [-0.2, 0) is 34.3 Å². The Bertz CT molecular complexity index is 1220. The summed E-state index contributed by atoms with van der Waals surface area (Å²) in [5.41, 5.74) is 2.50. The van der Waals surface area contributed by atoms with Gasteiger partial charge in [-0.15, -0.1) is 0 Å². The summed E-state index contributed by atoms with van der Waals surface area (Å²) in [7, 11) is -4.03. The van der Waals surface area contributed by atoms with E-state index >= 15 is 0 Å². The van der Waals surface area contributed by atoms with Crippen LogP contribution in [0.1, 0.15) is 16.7 Å². The van der Waals surface area contributed by atoms with E-state index in [0.717, 1.165) is 28.8 Å². The van der Waals surface area contributed by atoms with Gasteiger partial charge in [0.05, 0.1) is 4.90 Å². The summed E-state index contributed by atoms with van der Waals surface area (Å²) >= 11 is 6.17. The molecule has 1 N–H and O–H groups in total. The molecule has 1 aliphatic heterocycles. The van der Waals surface area contributed by atoms with E-state index in [0.29, 0.717) is 5.02 Å². The molecule has 0 saturated carbocycles. The first kappa shape index (κ1) is 21.5. The molecule has 160 valence electrons. The van der Waals surface area contributed by atoms with Crippen molar-refractivity contribution in [1.29, 1.82) is 0 Å². The lowest BCUT2D eigenvalue weighted by atomic mass is 9.95. The third-order valence-corrected chi connectivity index (χ3v) is 7.58. The maximum absolute atomic E-state index is 13.4. The Balaban J connectivity index is 1.65. The molecule has 3 aromatic rings. The van der Waals surface area contributed by atoms with Gasteiger partial charge in [-0.05, 0) is 53.4 Å². The second kappa shape index (κ2) is 8.78. The van der Waals surface area contributed by atoms with Gasteiger partial charge < -0.3 is 5.32 Å². The van der Waals surface area contributed by atoms with E-state index in [1.165, 1.54) is 16.4 Å². The second-order valence-corrected chi connectivity index (χ2v) is 9.60. The molecular formula is C23H20ClFN2O3S. The highest BCUT2D eigenvalue weighted by Crippen LogP contribution is 2.29. The van der Waals surface area contributed by atoms with E-state index in [1.807, 2.05) is 30.3 Å². The SMILES string of the molecule is O=C(NCc1ccccc1Cl)[C@@H]1Cc2ccccc2CN1S(=O)(=O)c1ccc(F)cc1. The van der Waals surface area contributed by atoms with Gasteiger partial charge in [0.15, 0.2) is 0 Å². The summed E-state index contributed by atoms with van der Waals surface area (Å²) in [5, 5.41) is 3.33. The lowest BCUT2D eigenvalue weighted by molar-refractivity contribution is -0.125. The third-order valence-electron chi connectivity index (χ3n) is 5.34. The molecule has 0 radical (unpaired) electrons. The van der Waals surface area contributed by atoms with Gasteiger partial charge in [0.25, 0.3) is 0 Å². The maximum atomic E-state index is 13.4. The van der Waals surface area contributed by atoms with Crippen LogP contribution in [0, 0.1) is 5.82 Å². The lowest BCUT2D eigenvalue weighted by Crippen LogP contribution is -2.52. The van der Waals surface area contributed by atoms with Crippen LogP contribution in [0.15, 0.2) is 77.7 Å². The molecule has 0 spiro atoms. The summed E-state index contributed by atoms with van der Waals surface area (Å²) < 4.78 is 41.2. The number of nitrogens with one attached hydrogen (secondary N) is 1. The summed E-state index contributed by atoms with van der Waals surface area (Å²) in [6, 6.07) is 18.2. The fourth-order valence-electron chi connectivity index (χ4n) is 3.66. The minimum atomic E-state index is -4.03. The number of hydrogen-bond acceptors (Lipinski definition) is 3. The average molecular weight is 459 g/mol. The van der Waals surface area contributed by atoms with E-state index in [4.69, 9.17) is 11.6 Å². The number of hydrogen-bond donors (Lipinski definition) is 1. The molecule has 31 heavy (non-hydrogen) atoms. The van der Waals surface area contributed by atoms with Crippen molar-refractivity contribution in [2.24, 2.45) is 0 Å². The van der Waals surface area contributed by atoms with Crippen molar-refractivity contribution >= 4 is 27.5 Å². The molecule has 3 aromatic carbocycles. The van der Waals surface area contributed by atoms with Crippen molar-refractivity contribution in [2.75, 3.05) is 0 Å². The fourth-order valence-corrected chi connectivity index (χ4v) is 5.43. The zero-order valence-electron chi connectivity index (χ0n) is 16.5. The first-order chi connectivity index (χ1) is 14.9. The highest BCUT2D eigenvalue weighted by atomic mass is 35.5. The van der Waals surface area contributed by atoms with Crippen LogP contribution in [0.3, 0.4) is 0 Å². The number of fused-ring (bicyclic) bond motifs is 1.